The van der Waals surface area contributed by atoms with Crippen LogP contribution in [0.2, 0.25) is 0 Å². The Morgan fingerprint density at radius 2 is 2.36 bits per heavy atom. The van der Waals surface area contributed by atoms with E-state index in [9.17, 15) is 4.79 Å². The summed E-state index contributed by atoms with van der Waals surface area (Å²) < 4.78 is 0. The molecule has 0 aromatic heterocycles. The normalized spacial score (nSPS) is 30.5. The fraction of sp³-hybridized carbons (Fsp3) is 0.417. The Kier molecular flexibility index (Phi) is 2.87. The van der Waals surface area contributed by atoms with E-state index in [2.05, 4.69) is 11.6 Å². The monoisotopic (exact) mass is 189 g/mol. The van der Waals surface area contributed by atoms with E-state index < -0.39 is 5.54 Å². The second-order valence-electron chi connectivity index (χ2n) is 3.91. The molecule has 2 heteroatoms. The molecule has 1 rings (SSSR count). The van der Waals surface area contributed by atoms with Gasteiger partial charge in [0.1, 0.15) is 0 Å². The van der Waals surface area contributed by atoms with Crippen molar-refractivity contribution < 1.29 is 4.79 Å². The second kappa shape index (κ2) is 3.77. The molecule has 0 heterocycles. The Morgan fingerprint density at radius 1 is 1.71 bits per heavy atom. The number of nitrogens with zero attached hydrogens (tertiary/aromatic N) is 1. The number of hydrogen-bond donors (Lipinski definition) is 0. The molecule has 0 amide bonds. The summed E-state index contributed by atoms with van der Waals surface area (Å²) in [6, 6.07) is 0. The van der Waals surface area contributed by atoms with Crippen LogP contribution in [-0.2, 0) is 4.79 Å². The predicted molar refractivity (Wildman–Crippen MR) is 57.7 cm³/mol. The minimum absolute atomic E-state index is 0.173. The molecule has 0 saturated heterocycles. The van der Waals surface area contributed by atoms with Crippen molar-refractivity contribution in [3.63, 3.8) is 0 Å². The van der Waals surface area contributed by atoms with Gasteiger partial charge in [0.2, 0.25) is 6.08 Å². The molecule has 1 aliphatic rings. The van der Waals surface area contributed by atoms with Gasteiger partial charge in [-0.25, -0.2) is 4.79 Å². The summed E-state index contributed by atoms with van der Waals surface area (Å²) in [7, 11) is 0. The third-order valence-electron chi connectivity index (χ3n) is 2.83. The Balaban J connectivity index is 3.11. The second-order valence-corrected chi connectivity index (χ2v) is 3.91. The van der Waals surface area contributed by atoms with Crippen LogP contribution in [0.4, 0.5) is 0 Å². The van der Waals surface area contributed by atoms with Gasteiger partial charge < -0.3 is 0 Å². The van der Waals surface area contributed by atoms with Gasteiger partial charge in [-0.05, 0) is 19.4 Å². The van der Waals surface area contributed by atoms with Gasteiger partial charge in [-0.3, -0.25) is 0 Å². The fourth-order valence-corrected chi connectivity index (χ4v) is 1.69. The molecule has 0 aliphatic heterocycles. The molecule has 0 saturated carbocycles. The molecule has 0 aromatic carbocycles. The standard InChI is InChI=1S/C12H15NO/c1-9(2)11-6-5-7-12(4,10(11)3)13-8-14/h5-7,10H,1H2,2-4H3. The molecule has 0 spiro atoms. The molecule has 0 N–H and O–H groups in total. The van der Waals surface area contributed by atoms with Crippen LogP contribution in [0, 0.1) is 5.92 Å². The van der Waals surface area contributed by atoms with Gasteiger partial charge in [0.25, 0.3) is 0 Å². The average molecular weight is 189 g/mol. The lowest BCUT2D eigenvalue weighted by Crippen LogP contribution is -2.31. The van der Waals surface area contributed by atoms with Crippen LogP contribution in [-0.4, -0.2) is 11.6 Å². The molecular weight excluding hydrogens is 174 g/mol. The van der Waals surface area contributed by atoms with Gasteiger partial charge in [-0.15, -0.1) is 0 Å². The van der Waals surface area contributed by atoms with Crippen LogP contribution in [0.5, 0.6) is 0 Å². The number of allylic oxidation sites excluding steroid dienone is 3. The highest BCUT2D eigenvalue weighted by molar-refractivity contribution is 5.44. The summed E-state index contributed by atoms with van der Waals surface area (Å²) >= 11 is 0. The van der Waals surface area contributed by atoms with Gasteiger partial charge in [-0.1, -0.05) is 37.3 Å². The first-order chi connectivity index (χ1) is 6.51. The highest BCUT2D eigenvalue weighted by Crippen LogP contribution is 2.35. The molecule has 0 aromatic rings. The van der Waals surface area contributed by atoms with E-state index in [0.717, 1.165) is 11.1 Å². The smallest absolute Gasteiger partial charge is 0.211 e. The zero-order valence-electron chi connectivity index (χ0n) is 8.87. The van der Waals surface area contributed by atoms with E-state index in [1.54, 1.807) is 6.08 Å². The highest BCUT2D eigenvalue weighted by atomic mass is 16.1. The lowest BCUT2D eigenvalue weighted by atomic mass is 9.76. The van der Waals surface area contributed by atoms with Crippen LogP contribution < -0.4 is 0 Å². The van der Waals surface area contributed by atoms with Crippen LogP contribution in [0.3, 0.4) is 0 Å². The highest BCUT2D eigenvalue weighted by Gasteiger charge is 2.32. The molecular formula is C12H15NO. The maximum absolute atomic E-state index is 10.3. The van der Waals surface area contributed by atoms with E-state index in [4.69, 9.17) is 0 Å². The topological polar surface area (TPSA) is 29.4 Å². The molecule has 2 nitrogen and oxygen atoms in total. The molecule has 14 heavy (non-hydrogen) atoms. The van der Waals surface area contributed by atoms with E-state index in [1.165, 1.54) is 0 Å². The number of isocyanates is 1. The Bertz CT molecular complexity index is 359. The lowest BCUT2D eigenvalue weighted by molar-refractivity contribution is 0.435. The predicted octanol–water partition coefficient (Wildman–Crippen LogP) is 2.79. The number of rotatable bonds is 2. The summed E-state index contributed by atoms with van der Waals surface area (Å²) in [5.74, 6) is 0.173. The Labute approximate surface area is 84.7 Å². The van der Waals surface area contributed by atoms with Crippen molar-refractivity contribution in [3.05, 3.63) is 36.0 Å². The van der Waals surface area contributed by atoms with Crippen molar-refractivity contribution in [2.24, 2.45) is 10.9 Å². The molecule has 0 bridgehead atoms. The van der Waals surface area contributed by atoms with E-state index in [-0.39, 0.29) is 5.92 Å². The zero-order valence-corrected chi connectivity index (χ0v) is 8.87. The summed E-state index contributed by atoms with van der Waals surface area (Å²) in [6.07, 6.45) is 7.50. The number of aliphatic imine (C=N–C) groups is 1. The zero-order chi connectivity index (χ0) is 10.8. The van der Waals surface area contributed by atoms with Crippen LogP contribution in [0.15, 0.2) is 40.9 Å². The van der Waals surface area contributed by atoms with Crippen molar-refractivity contribution in [2.75, 3.05) is 0 Å². The van der Waals surface area contributed by atoms with Gasteiger partial charge in [0, 0.05) is 5.92 Å². The Morgan fingerprint density at radius 3 is 2.86 bits per heavy atom. The maximum Gasteiger partial charge on any atom is 0.235 e. The summed E-state index contributed by atoms with van der Waals surface area (Å²) in [6.45, 7) is 9.85. The minimum atomic E-state index is -0.467. The van der Waals surface area contributed by atoms with Crippen molar-refractivity contribution in [2.45, 2.75) is 26.3 Å². The van der Waals surface area contributed by atoms with E-state index in [1.807, 2.05) is 39.0 Å². The lowest BCUT2D eigenvalue weighted by Gasteiger charge is -2.32. The van der Waals surface area contributed by atoms with Crippen LogP contribution in [0.25, 0.3) is 0 Å². The van der Waals surface area contributed by atoms with Crippen molar-refractivity contribution in [1.29, 1.82) is 0 Å². The van der Waals surface area contributed by atoms with Crippen LogP contribution >= 0.6 is 0 Å². The SMILES string of the molecule is C=C(C)C1=CC=CC(C)(N=C=O)C1C. The molecule has 0 radical (unpaired) electrons. The third kappa shape index (κ3) is 1.75. The van der Waals surface area contributed by atoms with Gasteiger partial charge in [0.15, 0.2) is 0 Å². The number of carbonyl (C=O) groups excluding carboxylic acids is 1. The quantitative estimate of drug-likeness (QED) is 0.485. The molecule has 0 fully saturated rings. The molecule has 2 atom stereocenters. The molecule has 74 valence electrons. The van der Waals surface area contributed by atoms with Gasteiger partial charge >= 0.3 is 0 Å². The summed E-state index contributed by atoms with van der Waals surface area (Å²) in [5, 5.41) is 0. The fourth-order valence-electron chi connectivity index (χ4n) is 1.69. The first-order valence-electron chi connectivity index (χ1n) is 4.65. The van der Waals surface area contributed by atoms with Gasteiger partial charge in [-0.2, -0.15) is 4.99 Å². The minimum Gasteiger partial charge on any atom is -0.211 e. The molecule has 1 aliphatic carbocycles. The van der Waals surface area contributed by atoms with E-state index in [0.29, 0.717) is 0 Å². The largest absolute Gasteiger partial charge is 0.235 e. The van der Waals surface area contributed by atoms with Crippen molar-refractivity contribution >= 4 is 6.08 Å². The first kappa shape index (κ1) is 10.7. The van der Waals surface area contributed by atoms with Crippen molar-refractivity contribution in [1.82, 2.24) is 0 Å². The van der Waals surface area contributed by atoms with Crippen LogP contribution in [0.1, 0.15) is 20.8 Å². The Hall–Kier alpha value is -1.40. The number of hydrogen-bond acceptors (Lipinski definition) is 2. The van der Waals surface area contributed by atoms with Gasteiger partial charge in [0.05, 0.1) is 5.54 Å². The maximum atomic E-state index is 10.3. The first-order valence-corrected chi connectivity index (χ1v) is 4.65. The summed E-state index contributed by atoms with van der Waals surface area (Å²) in [4.78, 5) is 14.2. The molecule has 2 unspecified atom stereocenters. The third-order valence-corrected chi connectivity index (χ3v) is 2.83. The van der Waals surface area contributed by atoms with E-state index >= 15 is 0 Å². The van der Waals surface area contributed by atoms with Crippen molar-refractivity contribution in [3.8, 4) is 0 Å². The average Bonchev–Trinajstić information content (AvgIpc) is 2.10. The summed E-state index contributed by atoms with van der Waals surface area (Å²) in [5.41, 5.74) is 1.70.